The molecule has 1 atom stereocenters. The van der Waals surface area contributed by atoms with Gasteiger partial charge in [-0.15, -0.1) is 0 Å². The molecule has 1 aromatic carbocycles. The van der Waals surface area contributed by atoms with Gasteiger partial charge in [-0.3, -0.25) is 0 Å². The molecule has 94 valence electrons. The third-order valence-electron chi connectivity index (χ3n) is 3.68. The summed E-state index contributed by atoms with van der Waals surface area (Å²) in [7, 11) is 0. The fraction of sp³-hybridized carbons (Fsp3) is 0.400. The third-order valence-corrected chi connectivity index (χ3v) is 3.68. The van der Waals surface area contributed by atoms with Crippen LogP contribution in [0.1, 0.15) is 36.1 Å². The van der Waals surface area contributed by atoms with Gasteiger partial charge in [-0.1, -0.05) is 36.8 Å². The number of aryl methyl sites for hydroxylation is 2. The number of anilines is 1. The van der Waals surface area contributed by atoms with E-state index in [9.17, 15) is 0 Å². The lowest BCUT2D eigenvalue weighted by Crippen LogP contribution is -2.24. The predicted molar refractivity (Wildman–Crippen MR) is 74.0 cm³/mol. The molecule has 0 aliphatic carbocycles. The van der Waals surface area contributed by atoms with Crippen LogP contribution >= 0.6 is 0 Å². The van der Waals surface area contributed by atoms with Gasteiger partial charge in [0.25, 0.3) is 0 Å². The van der Waals surface area contributed by atoms with Crippen molar-refractivity contribution in [1.82, 2.24) is 9.78 Å². The Morgan fingerprint density at radius 3 is 3.11 bits per heavy atom. The summed E-state index contributed by atoms with van der Waals surface area (Å²) in [6, 6.07) is 9.14. The minimum absolute atomic E-state index is 0.376. The summed E-state index contributed by atoms with van der Waals surface area (Å²) in [6.07, 6.45) is 4.13. The molecule has 0 saturated heterocycles. The number of hydrogen-bond acceptors (Lipinski definition) is 2. The standard InChI is InChI=1S/C15H19N3/c1-3-12-10-17-18-14(7-8-16-15(12)18)13-6-4-5-11(2)9-13/h4-6,9-10,14,16H,3,7-8H2,1-2H3. The van der Waals surface area contributed by atoms with Gasteiger partial charge in [0.15, 0.2) is 0 Å². The lowest BCUT2D eigenvalue weighted by molar-refractivity contribution is 0.481. The van der Waals surface area contributed by atoms with Crippen molar-refractivity contribution < 1.29 is 0 Å². The first kappa shape index (κ1) is 11.3. The van der Waals surface area contributed by atoms with Crippen molar-refractivity contribution in [3.63, 3.8) is 0 Å². The van der Waals surface area contributed by atoms with Crippen molar-refractivity contribution >= 4 is 5.82 Å². The molecule has 0 radical (unpaired) electrons. The van der Waals surface area contributed by atoms with E-state index in [0.29, 0.717) is 6.04 Å². The van der Waals surface area contributed by atoms with E-state index < -0.39 is 0 Å². The molecular weight excluding hydrogens is 222 g/mol. The van der Waals surface area contributed by atoms with Gasteiger partial charge >= 0.3 is 0 Å². The van der Waals surface area contributed by atoms with Crippen molar-refractivity contribution in [3.8, 4) is 0 Å². The molecule has 1 N–H and O–H groups in total. The lowest BCUT2D eigenvalue weighted by Gasteiger charge is -2.27. The van der Waals surface area contributed by atoms with Crippen LogP contribution in [-0.4, -0.2) is 16.3 Å². The fourth-order valence-electron chi connectivity index (χ4n) is 2.72. The number of nitrogens with one attached hydrogen (secondary N) is 1. The molecule has 0 spiro atoms. The molecule has 18 heavy (non-hydrogen) atoms. The maximum absolute atomic E-state index is 4.57. The second-order valence-corrected chi connectivity index (χ2v) is 4.96. The molecule has 0 saturated carbocycles. The van der Waals surface area contributed by atoms with E-state index in [2.05, 4.69) is 53.2 Å². The van der Waals surface area contributed by atoms with E-state index in [-0.39, 0.29) is 0 Å². The van der Waals surface area contributed by atoms with Crippen LogP contribution in [-0.2, 0) is 6.42 Å². The molecule has 2 aromatic rings. The van der Waals surface area contributed by atoms with Crippen molar-refractivity contribution in [1.29, 1.82) is 0 Å². The summed E-state index contributed by atoms with van der Waals surface area (Å²) in [5, 5.41) is 8.05. The monoisotopic (exact) mass is 241 g/mol. The average Bonchev–Trinajstić information content (AvgIpc) is 2.81. The van der Waals surface area contributed by atoms with E-state index in [1.54, 1.807) is 0 Å². The Kier molecular flexibility index (Phi) is 2.82. The molecule has 3 nitrogen and oxygen atoms in total. The quantitative estimate of drug-likeness (QED) is 0.875. The highest BCUT2D eigenvalue weighted by Crippen LogP contribution is 2.31. The highest BCUT2D eigenvalue weighted by molar-refractivity contribution is 5.47. The Balaban J connectivity index is 2.03. The molecule has 1 aliphatic heterocycles. The molecule has 1 unspecified atom stereocenters. The number of rotatable bonds is 2. The first-order valence-electron chi connectivity index (χ1n) is 6.66. The number of benzene rings is 1. The second-order valence-electron chi connectivity index (χ2n) is 4.96. The van der Waals surface area contributed by atoms with Gasteiger partial charge in [0, 0.05) is 12.1 Å². The van der Waals surface area contributed by atoms with Gasteiger partial charge in [0.1, 0.15) is 5.82 Å². The van der Waals surface area contributed by atoms with E-state index in [1.807, 2.05) is 6.20 Å². The van der Waals surface area contributed by atoms with Crippen molar-refractivity contribution in [3.05, 3.63) is 47.2 Å². The Hall–Kier alpha value is -1.77. The number of nitrogens with zero attached hydrogens (tertiary/aromatic N) is 2. The van der Waals surface area contributed by atoms with E-state index in [1.165, 1.54) is 22.5 Å². The van der Waals surface area contributed by atoms with E-state index >= 15 is 0 Å². The minimum atomic E-state index is 0.376. The summed E-state index contributed by atoms with van der Waals surface area (Å²) in [4.78, 5) is 0. The molecular formula is C15H19N3. The smallest absolute Gasteiger partial charge is 0.128 e. The Bertz CT molecular complexity index is 557. The highest BCUT2D eigenvalue weighted by Gasteiger charge is 2.23. The zero-order chi connectivity index (χ0) is 12.5. The average molecular weight is 241 g/mol. The zero-order valence-electron chi connectivity index (χ0n) is 11.0. The third kappa shape index (κ3) is 1.80. The van der Waals surface area contributed by atoms with Crippen LogP contribution in [0.15, 0.2) is 30.5 Å². The molecule has 3 rings (SSSR count). The zero-order valence-corrected chi connectivity index (χ0v) is 11.0. The maximum atomic E-state index is 4.57. The first-order valence-corrected chi connectivity index (χ1v) is 6.66. The van der Waals surface area contributed by atoms with Gasteiger partial charge < -0.3 is 5.32 Å². The Morgan fingerprint density at radius 2 is 2.33 bits per heavy atom. The molecule has 1 aromatic heterocycles. The Labute approximate surface area is 108 Å². The molecule has 0 bridgehead atoms. The summed E-state index contributed by atoms with van der Waals surface area (Å²) < 4.78 is 2.15. The van der Waals surface area contributed by atoms with Gasteiger partial charge in [0.05, 0.1) is 12.2 Å². The summed E-state index contributed by atoms with van der Waals surface area (Å²) in [5.74, 6) is 1.20. The SMILES string of the molecule is CCc1cnn2c1NCCC2c1cccc(C)c1. The minimum Gasteiger partial charge on any atom is -0.370 e. The van der Waals surface area contributed by atoms with Gasteiger partial charge in [-0.25, -0.2) is 4.68 Å². The van der Waals surface area contributed by atoms with Crippen LogP contribution in [0.25, 0.3) is 0 Å². The lowest BCUT2D eigenvalue weighted by atomic mass is 10.0. The molecule has 0 fully saturated rings. The van der Waals surface area contributed by atoms with E-state index in [4.69, 9.17) is 0 Å². The predicted octanol–water partition coefficient (Wildman–Crippen LogP) is 3.16. The topological polar surface area (TPSA) is 29.9 Å². The van der Waals surface area contributed by atoms with Crippen molar-refractivity contribution in [2.45, 2.75) is 32.7 Å². The normalized spacial score (nSPS) is 18.2. The summed E-state index contributed by atoms with van der Waals surface area (Å²) in [5.41, 5.74) is 3.99. The van der Waals surface area contributed by atoms with Crippen LogP contribution in [0.2, 0.25) is 0 Å². The van der Waals surface area contributed by atoms with Gasteiger partial charge in [0.2, 0.25) is 0 Å². The van der Waals surface area contributed by atoms with Crippen LogP contribution in [0.3, 0.4) is 0 Å². The van der Waals surface area contributed by atoms with Crippen molar-refractivity contribution in [2.24, 2.45) is 0 Å². The number of aromatic nitrogens is 2. The Morgan fingerprint density at radius 1 is 1.44 bits per heavy atom. The van der Waals surface area contributed by atoms with Crippen LogP contribution < -0.4 is 5.32 Å². The van der Waals surface area contributed by atoms with Crippen LogP contribution in [0.5, 0.6) is 0 Å². The largest absolute Gasteiger partial charge is 0.370 e. The molecule has 0 amide bonds. The summed E-state index contributed by atoms with van der Waals surface area (Å²) in [6.45, 7) is 5.35. The number of hydrogen-bond donors (Lipinski definition) is 1. The number of fused-ring (bicyclic) bond motifs is 1. The van der Waals surface area contributed by atoms with Crippen molar-refractivity contribution in [2.75, 3.05) is 11.9 Å². The summed E-state index contributed by atoms with van der Waals surface area (Å²) >= 11 is 0. The fourth-order valence-corrected chi connectivity index (χ4v) is 2.72. The second kappa shape index (κ2) is 4.48. The van der Waals surface area contributed by atoms with E-state index in [0.717, 1.165) is 19.4 Å². The van der Waals surface area contributed by atoms with Crippen LogP contribution in [0.4, 0.5) is 5.82 Å². The highest BCUT2D eigenvalue weighted by atomic mass is 15.4. The first-order chi connectivity index (χ1) is 8.79. The molecule has 2 heterocycles. The molecule has 3 heteroatoms. The van der Waals surface area contributed by atoms with Crippen LogP contribution in [0, 0.1) is 6.92 Å². The van der Waals surface area contributed by atoms with Gasteiger partial charge in [-0.05, 0) is 25.3 Å². The molecule has 1 aliphatic rings. The maximum Gasteiger partial charge on any atom is 0.128 e. The van der Waals surface area contributed by atoms with Gasteiger partial charge in [-0.2, -0.15) is 5.10 Å².